The van der Waals surface area contributed by atoms with Crippen LogP contribution in [-0.4, -0.2) is 35.1 Å². The van der Waals surface area contributed by atoms with E-state index in [4.69, 9.17) is 5.11 Å². The first-order valence-electron chi connectivity index (χ1n) is 7.38. The molecule has 0 saturated carbocycles. The van der Waals surface area contributed by atoms with Gasteiger partial charge in [0, 0.05) is 13.1 Å². The number of carboxylic acid groups (broad SMARTS) is 1. The van der Waals surface area contributed by atoms with E-state index in [0.29, 0.717) is 10.4 Å². The van der Waals surface area contributed by atoms with Crippen molar-refractivity contribution in [1.29, 1.82) is 0 Å². The molecule has 0 atom stereocenters. The standard InChI is InChI=1S/C15H22N2O3S/c1-3-15(4-2)6-8-17(9-7-15)14(20)16-12-11(13(18)19)5-10-21-12/h5,10H,3-4,6-9H2,1-2H3,(H,16,20)(H,18,19). The van der Waals surface area contributed by atoms with Gasteiger partial charge in [0.2, 0.25) is 0 Å². The van der Waals surface area contributed by atoms with Crippen LogP contribution < -0.4 is 5.32 Å². The number of urea groups is 1. The van der Waals surface area contributed by atoms with Crippen LogP contribution in [0.25, 0.3) is 0 Å². The first-order valence-corrected chi connectivity index (χ1v) is 8.26. The molecule has 2 N–H and O–H groups in total. The highest BCUT2D eigenvalue weighted by Crippen LogP contribution is 2.38. The summed E-state index contributed by atoms with van der Waals surface area (Å²) in [6.07, 6.45) is 4.33. The lowest BCUT2D eigenvalue weighted by Crippen LogP contribution is -2.44. The Labute approximate surface area is 129 Å². The highest BCUT2D eigenvalue weighted by atomic mass is 32.1. The zero-order valence-electron chi connectivity index (χ0n) is 12.5. The Morgan fingerprint density at radius 1 is 1.33 bits per heavy atom. The molecule has 6 heteroatoms. The Hall–Kier alpha value is -1.56. The Morgan fingerprint density at radius 2 is 1.95 bits per heavy atom. The van der Waals surface area contributed by atoms with Crippen molar-refractivity contribution in [3.8, 4) is 0 Å². The number of piperidine rings is 1. The minimum Gasteiger partial charge on any atom is -0.478 e. The summed E-state index contributed by atoms with van der Waals surface area (Å²) in [5.41, 5.74) is 0.521. The minimum absolute atomic E-state index is 0.154. The van der Waals surface area contributed by atoms with Gasteiger partial charge < -0.3 is 10.0 Å². The van der Waals surface area contributed by atoms with Crippen molar-refractivity contribution in [2.24, 2.45) is 5.41 Å². The van der Waals surface area contributed by atoms with E-state index in [1.807, 2.05) is 0 Å². The molecule has 21 heavy (non-hydrogen) atoms. The molecule has 2 heterocycles. The number of nitrogens with one attached hydrogen (secondary N) is 1. The smallest absolute Gasteiger partial charge is 0.338 e. The van der Waals surface area contributed by atoms with Gasteiger partial charge in [0.1, 0.15) is 5.00 Å². The summed E-state index contributed by atoms with van der Waals surface area (Å²) in [7, 11) is 0. The van der Waals surface area contributed by atoms with Crippen LogP contribution in [0.2, 0.25) is 0 Å². The van der Waals surface area contributed by atoms with Crippen LogP contribution in [0.4, 0.5) is 9.80 Å². The number of hydrogen-bond acceptors (Lipinski definition) is 3. The molecule has 1 fully saturated rings. The molecule has 1 aromatic rings. The Balaban J connectivity index is 1.96. The number of anilines is 1. The fourth-order valence-electron chi connectivity index (χ4n) is 2.89. The van der Waals surface area contributed by atoms with E-state index in [1.54, 1.807) is 10.3 Å². The zero-order chi connectivity index (χ0) is 15.5. The van der Waals surface area contributed by atoms with Gasteiger partial charge in [-0.1, -0.05) is 26.7 Å². The fourth-order valence-corrected chi connectivity index (χ4v) is 3.66. The average Bonchev–Trinajstić information content (AvgIpc) is 2.95. The van der Waals surface area contributed by atoms with Gasteiger partial charge in [-0.15, -0.1) is 11.3 Å². The Morgan fingerprint density at radius 3 is 2.48 bits per heavy atom. The highest BCUT2D eigenvalue weighted by Gasteiger charge is 2.33. The summed E-state index contributed by atoms with van der Waals surface area (Å²) >= 11 is 1.24. The van der Waals surface area contributed by atoms with E-state index >= 15 is 0 Å². The molecule has 0 unspecified atom stereocenters. The van der Waals surface area contributed by atoms with E-state index in [0.717, 1.165) is 38.8 Å². The zero-order valence-corrected chi connectivity index (χ0v) is 13.3. The van der Waals surface area contributed by atoms with Crippen LogP contribution >= 0.6 is 11.3 Å². The van der Waals surface area contributed by atoms with Gasteiger partial charge in [-0.05, 0) is 29.7 Å². The Kier molecular flexibility index (Phi) is 4.88. The van der Waals surface area contributed by atoms with Gasteiger partial charge in [0.25, 0.3) is 0 Å². The monoisotopic (exact) mass is 310 g/mol. The Bertz CT molecular complexity index is 513. The number of amides is 2. The summed E-state index contributed by atoms with van der Waals surface area (Å²) < 4.78 is 0. The lowest BCUT2D eigenvalue weighted by Gasteiger charge is -2.40. The highest BCUT2D eigenvalue weighted by molar-refractivity contribution is 7.14. The third-order valence-corrected chi connectivity index (χ3v) is 5.56. The molecule has 116 valence electrons. The first kappa shape index (κ1) is 15.8. The number of hydrogen-bond donors (Lipinski definition) is 2. The fraction of sp³-hybridized carbons (Fsp3) is 0.600. The van der Waals surface area contributed by atoms with Gasteiger partial charge in [-0.3, -0.25) is 5.32 Å². The minimum atomic E-state index is -1.01. The molecule has 0 aromatic carbocycles. The van der Waals surface area contributed by atoms with Crippen LogP contribution in [0.15, 0.2) is 11.4 Å². The van der Waals surface area contributed by atoms with Crippen LogP contribution in [0, 0.1) is 5.41 Å². The maximum atomic E-state index is 12.3. The van der Waals surface area contributed by atoms with Crippen molar-refractivity contribution < 1.29 is 14.7 Å². The van der Waals surface area contributed by atoms with Gasteiger partial charge in [0.05, 0.1) is 5.56 Å². The predicted octanol–water partition coefficient (Wildman–Crippen LogP) is 3.88. The summed E-state index contributed by atoms with van der Waals surface area (Å²) in [5, 5.41) is 13.9. The molecular formula is C15H22N2O3S. The molecule has 0 bridgehead atoms. The topological polar surface area (TPSA) is 69.6 Å². The second-order valence-corrected chi connectivity index (χ2v) is 6.51. The number of thiophene rings is 1. The predicted molar refractivity (Wildman–Crippen MR) is 84.1 cm³/mol. The molecule has 1 aromatic heterocycles. The van der Waals surface area contributed by atoms with Crippen LogP contribution in [0.3, 0.4) is 0 Å². The maximum absolute atomic E-state index is 12.3. The second kappa shape index (κ2) is 6.47. The molecular weight excluding hydrogens is 288 g/mol. The summed E-state index contributed by atoms with van der Waals surface area (Å²) in [4.78, 5) is 25.1. The van der Waals surface area contributed by atoms with Crippen LogP contribution in [-0.2, 0) is 0 Å². The van der Waals surface area contributed by atoms with E-state index in [2.05, 4.69) is 19.2 Å². The van der Waals surface area contributed by atoms with Crippen molar-refractivity contribution in [1.82, 2.24) is 4.90 Å². The third kappa shape index (κ3) is 3.37. The molecule has 1 aliphatic heterocycles. The molecule has 1 saturated heterocycles. The van der Waals surface area contributed by atoms with Gasteiger partial charge >= 0.3 is 12.0 Å². The number of carboxylic acids is 1. The summed E-state index contributed by atoms with van der Waals surface area (Å²) in [6, 6.07) is 1.32. The van der Waals surface area contributed by atoms with Gasteiger partial charge in [0.15, 0.2) is 0 Å². The van der Waals surface area contributed by atoms with E-state index in [-0.39, 0.29) is 11.6 Å². The van der Waals surface area contributed by atoms with Gasteiger partial charge in [-0.25, -0.2) is 9.59 Å². The summed E-state index contributed by atoms with van der Waals surface area (Å²) in [6.45, 7) is 5.90. The maximum Gasteiger partial charge on any atom is 0.338 e. The quantitative estimate of drug-likeness (QED) is 0.886. The lowest BCUT2D eigenvalue weighted by atomic mass is 9.74. The van der Waals surface area contributed by atoms with E-state index < -0.39 is 5.97 Å². The largest absolute Gasteiger partial charge is 0.478 e. The molecule has 0 aliphatic carbocycles. The van der Waals surface area contributed by atoms with E-state index in [1.165, 1.54) is 17.4 Å². The van der Waals surface area contributed by atoms with Crippen LogP contribution in [0.1, 0.15) is 49.9 Å². The van der Waals surface area contributed by atoms with Crippen molar-refractivity contribution in [3.63, 3.8) is 0 Å². The molecule has 0 radical (unpaired) electrons. The van der Waals surface area contributed by atoms with Crippen molar-refractivity contribution in [2.75, 3.05) is 18.4 Å². The lowest BCUT2D eigenvalue weighted by molar-refractivity contribution is 0.0698. The van der Waals surface area contributed by atoms with Crippen molar-refractivity contribution in [3.05, 3.63) is 17.0 Å². The SMILES string of the molecule is CCC1(CC)CCN(C(=O)Nc2sccc2C(=O)O)CC1. The number of nitrogens with zero attached hydrogens (tertiary/aromatic N) is 1. The van der Waals surface area contributed by atoms with E-state index in [9.17, 15) is 9.59 Å². The normalized spacial score (nSPS) is 17.5. The number of rotatable bonds is 4. The molecule has 2 rings (SSSR count). The molecule has 1 aliphatic rings. The molecule has 5 nitrogen and oxygen atoms in total. The first-order chi connectivity index (χ1) is 10.0. The third-order valence-electron chi connectivity index (χ3n) is 4.73. The number of carbonyl (C=O) groups is 2. The van der Waals surface area contributed by atoms with Crippen molar-refractivity contribution >= 4 is 28.3 Å². The number of likely N-dealkylation sites (tertiary alicyclic amines) is 1. The average molecular weight is 310 g/mol. The molecule has 0 spiro atoms. The number of aromatic carboxylic acids is 1. The van der Waals surface area contributed by atoms with Crippen molar-refractivity contribution in [2.45, 2.75) is 39.5 Å². The second-order valence-electron chi connectivity index (χ2n) is 5.59. The number of carbonyl (C=O) groups excluding carboxylic acids is 1. The van der Waals surface area contributed by atoms with Gasteiger partial charge in [-0.2, -0.15) is 0 Å². The van der Waals surface area contributed by atoms with Crippen LogP contribution in [0.5, 0.6) is 0 Å². The summed E-state index contributed by atoms with van der Waals surface area (Å²) in [5.74, 6) is -1.01. The molecule has 2 amide bonds.